The van der Waals surface area contributed by atoms with Gasteiger partial charge in [0.25, 0.3) is 0 Å². The van der Waals surface area contributed by atoms with Crippen molar-refractivity contribution in [3.63, 3.8) is 0 Å². The molecule has 272 valence electrons. The fraction of sp³-hybridized carbons (Fsp3) is 0.432. The molecule has 0 radical (unpaired) electrons. The summed E-state index contributed by atoms with van der Waals surface area (Å²) in [5.74, 6) is -1.55. The minimum absolute atomic E-state index is 0.0399. The summed E-state index contributed by atoms with van der Waals surface area (Å²) in [6.45, 7) is 3.42. The molecule has 3 amide bonds. The van der Waals surface area contributed by atoms with Gasteiger partial charge in [-0.2, -0.15) is 0 Å². The highest BCUT2D eigenvalue weighted by molar-refractivity contribution is 5.77. The van der Waals surface area contributed by atoms with Crippen LogP contribution in [0.3, 0.4) is 0 Å². The Kier molecular flexibility index (Phi) is 16.5. The van der Waals surface area contributed by atoms with Crippen molar-refractivity contribution in [1.29, 1.82) is 0 Å². The van der Waals surface area contributed by atoms with Gasteiger partial charge in [0.15, 0.2) is 34.5 Å². The number of carbonyl (C=O) groups is 3. The number of carbonyl (C=O) groups excluding carboxylic acids is 3. The largest absolute Gasteiger partial charge is 0.504 e. The molecule has 0 spiro atoms. The maximum Gasteiger partial charge on any atom is 0.222 e. The number of phenols is 6. The van der Waals surface area contributed by atoms with Crippen LogP contribution in [0.1, 0.15) is 61.6 Å². The highest BCUT2D eigenvalue weighted by atomic mass is 16.3. The first kappa shape index (κ1) is 39.3. The maximum atomic E-state index is 13.2. The molecule has 0 saturated carbocycles. The standard InChI is InChI=1S/C37H50N4O9/c42-29-11-5-26(23-32(29)45)8-14-35(48)39-19-3-18-38-17-1-2-21-41(37(50)16-10-28-7-13-31(44)34(47)25-28)22-4-20-40-36(49)15-9-27-6-12-30(43)33(46)24-27/h5-7,11-13,23-25,38,42-47H,1-4,8-10,14-22H2,(H,39,48)(H,40,49). The van der Waals surface area contributed by atoms with Crippen molar-refractivity contribution >= 4 is 17.7 Å². The van der Waals surface area contributed by atoms with Crippen molar-refractivity contribution in [2.24, 2.45) is 0 Å². The molecule has 13 nitrogen and oxygen atoms in total. The van der Waals surface area contributed by atoms with Crippen LogP contribution in [0, 0.1) is 0 Å². The number of hydrogen-bond donors (Lipinski definition) is 9. The minimum Gasteiger partial charge on any atom is -0.504 e. The molecule has 3 rings (SSSR count). The number of hydrogen-bond acceptors (Lipinski definition) is 10. The molecule has 3 aromatic carbocycles. The van der Waals surface area contributed by atoms with Crippen LogP contribution in [-0.4, -0.2) is 92.5 Å². The zero-order valence-electron chi connectivity index (χ0n) is 28.4. The summed E-state index contributed by atoms with van der Waals surface area (Å²) in [6, 6.07) is 13.5. The second kappa shape index (κ2) is 21.0. The van der Waals surface area contributed by atoms with E-state index in [1.165, 1.54) is 36.4 Å². The van der Waals surface area contributed by atoms with E-state index in [0.717, 1.165) is 49.0 Å². The number of unbranched alkanes of at least 4 members (excludes halogenated alkanes) is 1. The van der Waals surface area contributed by atoms with Gasteiger partial charge in [-0.1, -0.05) is 18.2 Å². The number of aromatic hydroxyl groups is 6. The predicted molar refractivity (Wildman–Crippen MR) is 188 cm³/mol. The van der Waals surface area contributed by atoms with Gasteiger partial charge in [0.1, 0.15) is 0 Å². The molecule has 0 aliphatic carbocycles. The van der Waals surface area contributed by atoms with Crippen molar-refractivity contribution < 1.29 is 45.0 Å². The molecule has 0 aliphatic rings. The Balaban J connectivity index is 1.33. The number of nitrogens with zero attached hydrogens (tertiary/aromatic N) is 1. The third-order valence-corrected chi connectivity index (χ3v) is 8.19. The summed E-state index contributed by atoms with van der Waals surface area (Å²) in [7, 11) is 0. The lowest BCUT2D eigenvalue weighted by Crippen LogP contribution is -2.35. The zero-order chi connectivity index (χ0) is 36.3. The molecule has 50 heavy (non-hydrogen) atoms. The van der Waals surface area contributed by atoms with Gasteiger partial charge in [0, 0.05) is 45.4 Å². The van der Waals surface area contributed by atoms with Gasteiger partial charge in [0.05, 0.1) is 0 Å². The average molecular weight is 695 g/mol. The number of phenolic OH excluding ortho intramolecular Hbond substituents is 6. The van der Waals surface area contributed by atoms with Gasteiger partial charge in [-0.05, 0) is 111 Å². The van der Waals surface area contributed by atoms with Gasteiger partial charge < -0.3 is 51.5 Å². The quantitative estimate of drug-likeness (QED) is 0.0553. The van der Waals surface area contributed by atoms with Gasteiger partial charge in [-0.25, -0.2) is 0 Å². The maximum absolute atomic E-state index is 13.2. The van der Waals surface area contributed by atoms with E-state index < -0.39 is 0 Å². The Hall–Kier alpha value is -5.17. The highest BCUT2D eigenvalue weighted by Gasteiger charge is 2.14. The summed E-state index contributed by atoms with van der Waals surface area (Å²) < 4.78 is 0. The monoisotopic (exact) mass is 694 g/mol. The van der Waals surface area contributed by atoms with Crippen molar-refractivity contribution in [3.05, 3.63) is 71.3 Å². The Morgan fingerprint density at radius 3 is 1.38 bits per heavy atom. The lowest BCUT2D eigenvalue weighted by atomic mass is 10.1. The Bertz CT molecular complexity index is 1550. The number of amides is 3. The number of aryl methyl sites for hydroxylation is 3. The van der Waals surface area contributed by atoms with Crippen LogP contribution in [0.4, 0.5) is 0 Å². The van der Waals surface area contributed by atoms with E-state index in [0.29, 0.717) is 51.9 Å². The summed E-state index contributed by atoms with van der Waals surface area (Å²) in [6.07, 6.45) is 4.95. The topological polar surface area (TPSA) is 212 Å². The molecule has 0 atom stereocenters. The lowest BCUT2D eigenvalue weighted by molar-refractivity contribution is -0.131. The molecule has 9 N–H and O–H groups in total. The second-order valence-corrected chi connectivity index (χ2v) is 12.2. The van der Waals surface area contributed by atoms with Crippen molar-refractivity contribution in [1.82, 2.24) is 20.9 Å². The zero-order valence-corrected chi connectivity index (χ0v) is 28.4. The van der Waals surface area contributed by atoms with Crippen LogP contribution in [0.2, 0.25) is 0 Å². The van der Waals surface area contributed by atoms with Crippen molar-refractivity contribution in [2.75, 3.05) is 39.3 Å². The first-order chi connectivity index (χ1) is 24.0. The Labute approximate surface area is 292 Å². The van der Waals surface area contributed by atoms with Crippen LogP contribution in [0.15, 0.2) is 54.6 Å². The van der Waals surface area contributed by atoms with Crippen LogP contribution in [-0.2, 0) is 33.6 Å². The fourth-order valence-electron chi connectivity index (χ4n) is 5.25. The van der Waals surface area contributed by atoms with Crippen molar-refractivity contribution in [3.8, 4) is 34.5 Å². The molecule has 0 aliphatic heterocycles. The van der Waals surface area contributed by atoms with Gasteiger partial charge >= 0.3 is 0 Å². The Morgan fingerprint density at radius 2 is 0.900 bits per heavy atom. The number of benzene rings is 3. The minimum atomic E-state index is -0.229. The summed E-state index contributed by atoms with van der Waals surface area (Å²) >= 11 is 0. The molecular formula is C37H50N4O9. The van der Waals surface area contributed by atoms with E-state index in [1.807, 2.05) is 0 Å². The number of rotatable bonds is 22. The fourth-order valence-corrected chi connectivity index (χ4v) is 5.25. The smallest absolute Gasteiger partial charge is 0.222 e. The van der Waals surface area contributed by atoms with Crippen LogP contribution in [0.5, 0.6) is 34.5 Å². The van der Waals surface area contributed by atoms with E-state index >= 15 is 0 Å². The molecule has 3 aromatic rings. The third kappa shape index (κ3) is 14.5. The van der Waals surface area contributed by atoms with Gasteiger partial charge in [-0.3, -0.25) is 14.4 Å². The van der Waals surface area contributed by atoms with Crippen LogP contribution < -0.4 is 16.0 Å². The molecule has 0 heterocycles. The van der Waals surface area contributed by atoms with Crippen LogP contribution in [0.25, 0.3) is 0 Å². The first-order valence-corrected chi connectivity index (χ1v) is 17.1. The van der Waals surface area contributed by atoms with Gasteiger partial charge in [0.2, 0.25) is 17.7 Å². The molecule has 13 heteroatoms. The normalized spacial score (nSPS) is 10.9. The molecular weight excluding hydrogens is 644 g/mol. The van der Waals surface area contributed by atoms with E-state index in [4.69, 9.17) is 0 Å². The predicted octanol–water partition coefficient (Wildman–Crippen LogP) is 3.33. The Morgan fingerprint density at radius 1 is 0.480 bits per heavy atom. The summed E-state index contributed by atoms with van der Waals surface area (Å²) in [4.78, 5) is 39.4. The average Bonchev–Trinajstić information content (AvgIpc) is 3.09. The summed E-state index contributed by atoms with van der Waals surface area (Å²) in [5.41, 5.74) is 2.24. The van der Waals surface area contributed by atoms with Crippen LogP contribution >= 0.6 is 0 Å². The van der Waals surface area contributed by atoms with E-state index in [9.17, 15) is 45.0 Å². The van der Waals surface area contributed by atoms with E-state index in [-0.39, 0.29) is 71.5 Å². The molecule has 0 bridgehead atoms. The first-order valence-electron chi connectivity index (χ1n) is 17.1. The van der Waals surface area contributed by atoms with Crippen molar-refractivity contribution in [2.45, 2.75) is 64.2 Å². The van der Waals surface area contributed by atoms with Gasteiger partial charge in [-0.15, -0.1) is 0 Å². The molecule has 0 saturated heterocycles. The molecule has 0 aromatic heterocycles. The molecule has 0 unspecified atom stereocenters. The summed E-state index contributed by atoms with van der Waals surface area (Å²) in [5, 5.41) is 66.5. The third-order valence-electron chi connectivity index (χ3n) is 8.19. The van der Waals surface area contributed by atoms with E-state index in [1.54, 1.807) is 23.1 Å². The SMILES string of the molecule is O=C(CCc1ccc(O)c(O)c1)NCCCNCCCCN(CCCNC(=O)CCc1ccc(O)c(O)c1)C(=O)CCc1ccc(O)c(O)c1. The molecule has 0 fully saturated rings. The lowest BCUT2D eigenvalue weighted by Gasteiger charge is -2.23. The highest BCUT2D eigenvalue weighted by Crippen LogP contribution is 2.27. The number of nitrogens with one attached hydrogen (secondary N) is 3. The second-order valence-electron chi connectivity index (χ2n) is 12.2. The van der Waals surface area contributed by atoms with E-state index in [2.05, 4.69) is 16.0 Å².